The van der Waals surface area contributed by atoms with E-state index in [1.165, 1.54) is 12.1 Å². The minimum absolute atomic E-state index is 0.213. The number of likely N-dealkylation sites (N-methyl/N-ethyl adjacent to an activating group) is 1. The van der Waals surface area contributed by atoms with Crippen LogP contribution in [0.1, 0.15) is 11.1 Å². The Balaban J connectivity index is 1.85. The molecule has 0 bridgehead atoms. The molecule has 0 aliphatic carbocycles. The number of carbonyl (C=O) groups is 1. The number of nitrogens with one attached hydrogen (secondary N) is 2. The summed E-state index contributed by atoms with van der Waals surface area (Å²) in [7, 11) is 1.90. The Hall–Kier alpha value is -2.54. The van der Waals surface area contributed by atoms with E-state index in [1.54, 1.807) is 0 Å². The Morgan fingerprint density at radius 2 is 1.84 bits per heavy atom. The first-order valence-corrected chi connectivity index (χ1v) is 7.74. The van der Waals surface area contributed by atoms with Crippen molar-refractivity contribution in [2.75, 3.05) is 18.9 Å². The average molecular weight is 353 g/mol. The number of anilines is 1. The van der Waals surface area contributed by atoms with E-state index >= 15 is 0 Å². The van der Waals surface area contributed by atoms with Crippen molar-refractivity contribution < 1.29 is 27.6 Å². The number of rotatable bonds is 6. The van der Waals surface area contributed by atoms with Gasteiger partial charge in [-0.3, -0.25) is 4.79 Å². The van der Waals surface area contributed by atoms with E-state index in [0.717, 1.165) is 28.2 Å². The van der Waals surface area contributed by atoms with Crippen molar-refractivity contribution in [2.45, 2.75) is 19.8 Å². The third-order valence-corrected chi connectivity index (χ3v) is 3.42. The van der Waals surface area contributed by atoms with Gasteiger partial charge in [0.2, 0.25) is 0 Å². The van der Waals surface area contributed by atoms with Crippen LogP contribution in [0.4, 0.5) is 18.9 Å². The first-order chi connectivity index (χ1) is 11.7. The van der Waals surface area contributed by atoms with Crippen LogP contribution in [0.15, 0.2) is 48.5 Å². The van der Waals surface area contributed by atoms with Crippen molar-refractivity contribution in [1.82, 2.24) is 0 Å². The van der Waals surface area contributed by atoms with Gasteiger partial charge in [-0.25, -0.2) is 0 Å². The van der Waals surface area contributed by atoms with Gasteiger partial charge < -0.3 is 15.0 Å². The number of benzene rings is 2. The SMILES string of the molecule is Cc1cccc(C[NH+](C)CC(=O)Nc2ccc(OC(F)(F)F)cc2)c1. The van der Waals surface area contributed by atoms with Crippen LogP contribution in [-0.4, -0.2) is 25.9 Å². The number of hydrogen-bond acceptors (Lipinski definition) is 2. The van der Waals surface area contributed by atoms with Crippen LogP contribution in [0.5, 0.6) is 5.75 Å². The normalized spacial score (nSPS) is 12.5. The van der Waals surface area contributed by atoms with Crippen LogP contribution < -0.4 is 15.0 Å². The van der Waals surface area contributed by atoms with E-state index in [9.17, 15) is 18.0 Å². The Morgan fingerprint density at radius 1 is 1.16 bits per heavy atom. The Bertz CT molecular complexity index is 715. The monoisotopic (exact) mass is 353 g/mol. The molecule has 2 aromatic rings. The quantitative estimate of drug-likeness (QED) is 0.838. The molecule has 1 amide bonds. The number of carbonyl (C=O) groups excluding carboxylic acids is 1. The summed E-state index contributed by atoms with van der Waals surface area (Å²) in [6, 6.07) is 13.1. The van der Waals surface area contributed by atoms with Gasteiger partial charge in [-0.1, -0.05) is 29.8 Å². The Morgan fingerprint density at radius 3 is 2.44 bits per heavy atom. The summed E-state index contributed by atoms with van der Waals surface area (Å²) in [6.45, 7) is 2.96. The summed E-state index contributed by atoms with van der Waals surface area (Å²) in [4.78, 5) is 13.1. The number of alkyl halides is 3. The maximum absolute atomic E-state index is 12.1. The summed E-state index contributed by atoms with van der Waals surface area (Å²) >= 11 is 0. The summed E-state index contributed by atoms with van der Waals surface area (Å²) in [5, 5.41) is 2.66. The van der Waals surface area contributed by atoms with E-state index in [2.05, 4.69) is 16.1 Å². The minimum Gasteiger partial charge on any atom is -0.406 e. The molecule has 0 saturated carbocycles. The van der Waals surface area contributed by atoms with Crippen LogP contribution >= 0.6 is 0 Å². The van der Waals surface area contributed by atoms with Crippen LogP contribution in [0.25, 0.3) is 0 Å². The van der Waals surface area contributed by atoms with Crippen LogP contribution in [0.3, 0.4) is 0 Å². The minimum atomic E-state index is -4.73. The van der Waals surface area contributed by atoms with Crippen LogP contribution in [0.2, 0.25) is 0 Å². The van der Waals surface area contributed by atoms with Crippen molar-refractivity contribution in [1.29, 1.82) is 0 Å². The molecule has 0 fully saturated rings. The van der Waals surface area contributed by atoms with Gasteiger partial charge in [0.15, 0.2) is 6.54 Å². The Kier molecular flexibility index (Phi) is 6.03. The first kappa shape index (κ1) is 18.8. The maximum atomic E-state index is 12.1. The van der Waals surface area contributed by atoms with Gasteiger partial charge in [-0.2, -0.15) is 0 Å². The molecule has 7 heteroatoms. The van der Waals surface area contributed by atoms with E-state index in [0.29, 0.717) is 12.2 Å². The number of amides is 1. The zero-order valence-corrected chi connectivity index (χ0v) is 14.0. The lowest BCUT2D eigenvalue weighted by atomic mass is 10.1. The molecule has 0 aliphatic rings. The molecule has 134 valence electrons. The fourth-order valence-corrected chi connectivity index (χ4v) is 2.45. The van der Waals surface area contributed by atoms with E-state index < -0.39 is 6.36 Å². The van der Waals surface area contributed by atoms with Gasteiger partial charge in [0, 0.05) is 11.3 Å². The number of ether oxygens (including phenoxy) is 1. The number of hydrogen-bond donors (Lipinski definition) is 2. The maximum Gasteiger partial charge on any atom is 0.573 e. The summed E-state index contributed by atoms with van der Waals surface area (Å²) in [5.41, 5.74) is 2.72. The highest BCUT2D eigenvalue weighted by Gasteiger charge is 2.30. The fraction of sp³-hybridized carbons (Fsp3) is 0.278. The lowest BCUT2D eigenvalue weighted by molar-refractivity contribution is -0.885. The molecular weight excluding hydrogens is 333 g/mol. The molecule has 0 aliphatic heterocycles. The topological polar surface area (TPSA) is 42.8 Å². The summed E-state index contributed by atoms with van der Waals surface area (Å²) < 4.78 is 40.1. The van der Waals surface area contributed by atoms with Gasteiger partial charge in [-0.15, -0.1) is 13.2 Å². The van der Waals surface area contributed by atoms with Gasteiger partial charge in [0.1, 0.15) is 12.3 Å². The number of aryl methyl sites for hydroxylation is 1. The molecule has 2 aromatic carbocycles. The Labute approximate surface area is 144 Å². The second kappa shape index (κ2) is 8.02. The molecular formula is C18H20F3N2O2+. The van der Waals surface area contributed by atoms with E-state index in [1.807, 2.05) is 32.2 Å². The average Bonchev–Trinajstić information content (AvgIpc) is 2.47. The molecule has 4 nitrogen and oxygen atoms in total. The largest absolute Gasteiger partial charge is 0.573 e. The standard InChI is InChI=1S/C18H19F3N2O2/c1-13-4-3-5-14(10-13)11-23(2)12-17(24)22-15-6-8-16(9-7-15)25-18(19,20)21/h3-10H,11-12H2,1-2H3,(H,22,24)/p+1. The van der Waals surface area contributed by atoms with Gasteiger partial charge in [0.05, 0.1) is 7.05 Å². The van der Waals surface area contributed by atoms with Crippen LogP contribution in [0, 0.1) is 6.92 Å². The second-order valence-corrected chi connectivity index (χ2v) is 5.92. The highest BCUT2D eigenvalue weighted by atomic mass is 19.4. The fourth-order valence-electron chi connectivity index (χ4n) is 2.45. The predicted molar refractivity (Wildman–Crippen MR) is 88.4 cm³/mol. The lowest BCUT2D eigenvalue weighted by Crippen LogP contribution is -3.08. The van der Waals surface area contributed by atoms with Crippen molar-refractivity contribution >= 4 is 11.6 Å². The molecule has 0 spiro atoms. The zero-order valence-electron chi connectivity index (χ0n) is 14.0. The highest BCUT2D eigenvalue weighted by Crippen LogP contribution is 2.23. The first-order valence-electron chi connectivity index (χ1n) is 7.74. The molecule has 2 N–H and O–H groups in total. The third kappa shape index (κ3) is 6.84. The highest BCUT2D eigenvalue weighted by molar-refractivity contribution is 5.91. The predicted octanol–water partition coefficient (Wildman–Crippen LogP) is 2.55. The number of halogens is 3. The van der Waals surface area contributed by atoms with Crippen molar-refractivity contribution in [3.8, 4) is 5.75 Å². The summed E-state index contributed by atoms with van der Waals surface area (Å²) in [6.07, 6.45) is -4.73. The summed E-state index contributed by atoms with van der Waals surface area (Å²) in [5.74, 6) is -0.540. The third-order valence-electron chi connectivity index (χ3n) is 3.42. The molecule has 0 heterocycles. The number of quaternary nitrogens is 1. The molecule has 1 atom stereocenters. The van der Waals surface area contributed by atoms with Crippen molar-refractivity contribution in [3.63, 3.8) is 0 Å². The van der Waals surface area contributed by atoms with E-state index in [4.69, 9.17) is 0 Å². The molecule has 0 radical (unpaired) electrons. The van der Waals surface area contributed by atoms with Gasteiger partial charge in [0.25, 0.3) is 5.91 Å². The molecule has 1 unspecified atom stereocenters. The lowest BCUT2D eigenvalue weighted by Gasteiger charge is -2.14. The van der Waals surface area contributed by atoms with Gasteiger partial charge >= 0.3 is 6.36 Å². The van der Waals surface area contributed by atoms with Crippen molar-refractivity contribution in [3.05, 3.63) is 59.7 Å². The molecule has 2 rings (SSSR count). The molecule has 0 saturated heterocycles. The van der Waals surface area contributed by atoms with Crippen molar-refractivity contribution in [2.24, 2.45) is 0 Å². The molecule has 25 heavy (non-hydrogen) atoms. The van der Waals surface area contributed by atoms with Crippen LogP contribution in [-0.2, 0) is 11.3 Å². The second-order valence-electron chi connectivity index (χ2n) is 5.92. The zero-order chi connectivity index (χ0) is 18.4. The molecule has 0 aromatic heterocycles. The smallest absolute Gasteiger partial charge is 0.406 e. The van der Waals surface area contributed by atoms with Gasteiger partial charge in [-0.05, 0) is 31.2 Å². The van der Waals surface area contributed by atoms with E-state index in [-0.39, 0.29) is 18.2 Å².